The van der Waals surface area contributed by atoms with E-state index in [0.29, 0.717) is 51.5 Å². The lowest BCUT2D eigenvalue weighted by atomic mass is 9.70. The Hall–Kier alpha value is -3.49. The second kappa shape index (κ2) is 17.6. The van der Waals surface area contributed by atoms with Crippen LogP contribution in [-0.2, 0) is 38.5 Å². The highest BCUT2D eigenvalue weighted by Crippen LogP contribution is 2.50. The molecule has 0 aromatic rings. The molecule has 58 heavy (non-hydrogen) atoms. The van der Waals surface area contributed by atoms with E-state index >= 15 is 0 Å². The molecule has 5 amide bonds. The Bertz CT molecular complexity index is 1700. The zero-order valence-electron chi connectivity index (χ0n) is 35.9. The first-order valence-electron chi connectivity index (χ1n) is 21.6. The van der Waals surface area contributed by atoms with Crippen molar-refractivity contribution in [3.05, 3.63) is 12.7 Å². The Morgan fingerprint density at radius 3 is 2.03 bits per heavy atom. The number of Topliss-reactive ketones (excluding diaryl/α,β-unsaturated/α-hetero) is 1. The first-order valence-corrected chi connectivity index (χ1v) is 23.2. The summed E-state index contributed by atoms with van der Waals surface area (Å²) in [6, 6.07) is -4.08. The predicted molar refractivity (Wildman–Crippen MR) is 220 cm³/mol. The number of likely N-dealkylation sites (tertiary alicyclic amines) is 1. The van der Waals surface area contributed by atoms with Gasteiger partial charge in [-0.2, -0.15) is 0 Å². The maximum Gasteiger partial charge on any atom is 0.408 e. The summed E-state index contributed by atoms with van der Waals surface area (Å²) < 4.78 is 31.9. The number of fused-ring (bicyclic) bond motifs is 1. The Morgan fingerprint density at radius 1 is 0.879 bits per heavy atom. The van der Waals surface area contributed by atoms with Crippen molar-refractivity contribution in [2.75, 3.05) is 18.8 Å². The van der Waals surface area contributed by atoms with Gasteiger partial charge >= 0.3 is 6.09 Å². The number of hydrogen-bond donors (Lipinski definition) is 4. The summed E-state index contributed by atoms with van der Waals surface area (Å²) in [4.78, 5) is 84.7. The number of ether oxygens (including phenoxy) is 1. The van der Waals surface area contributed by atoms with Gasteiger partial charge in [-0.15, -0.1) is 6.58 Å². The summed E-state index contributed by atoms with van der Waals surface area (Å²) in [5, 5.41) is 11.2. The number of amides is 5. The summed E-state index contributed by atoms with van der Waals surface area (Å²) >= 11 is 0. The quantitative estimate of drug-likeness (QED) is 0.128. The van der Waals surface area contributed by atoms with Gasteiger partial charge in [-0.1, -0.05) is 72.3 Å². The average molecular weight is 832 g/mol. The summed E-state index contributed by atoms with van der Waals surface area (Å²) in [6.07, 6.45) is 10.6. The van der Waals surface area contributed by atoms with Crippen molar-refractivity contribution in [1.82, 2.24) is 26.2 Å². The maximum atomic E-state index is 14.7. The number of hydrogen-bond acceptors (Lipinski definition) is 9. The van der Waals surface area contributed by atoms with E-state index in [2.05, 4.69) is 27.8 Å². The van der Waals surface area contributed by atoms with Gasteiger partial charge in [-0.3, -0.25) is 24.0 Å². The monoisotopic (exact) mass is 831 g/mol. The van der Waals surface area contributed by atoms with E-state index < -0.39 is 90.7 Å². The zero-order chi connectivity index (χ0) is 42.8. The molecule has 5 rings (SSSR count). The van der Waals surface area contributed by atoms with Crippen LogP contribution in [0.5, 0.6) is 0 Å². The van der Waals surface area contributed by atoms with E-state index in [1.165, 1.54) is 11.0 Å². The third-order valence-corrected chi connectivity index (χ3v) is 16.1. The van der Waals surface area contributed by atoms with Crippen molar-refractivity contribution >= 4 is 45.3 Å². The van der Waals surface area contributed by atoms with Crippen molar-refractivity contribution in [3.8, 4) is 0 Å². The minimum atomic E-state index is -3.65. The second-order valence-corrected chi connectivity index (χ2v) is 23.0. The number of nitrogens with zero attached hydrogens (tertiary/aromatic N) is 1. The van der Waals surface area contributed by atoms with Crippen LogP contribution < -0.4 is 21.3 Å². The van der Waals surface area contributed by atoms with E-state index in [0.717, 1.165) is 44.9 Å². The lowest BCUT2D eigenvalue weighted by molar-refractivity contribution is -0.146. The third-order valence-electron chi connectivity index (χ3n) is 13.3. The molecule has 0 radical (unpaired) electrons. The highest BCUT2D eigenvalue weighted by atomic mass is 32.2. The molecule has 6 atom stereocenters. The zero-order valence-corrected chi connectivity index (χ0v) is 36.7. The second-order valence-electron chi connectivity index (χ2n) is 20.3. The van der Waals surface area contributed by atoms with Crippen LogP contribution in [0.4, 0.5) is 4.79 Å². The van der Waals surface area contributed by atoms with Crippen LogP contribution in [0.2, 0.25) is 0 Å². The van der Waals surface area contributed by atoms with Crippen LogP contribution in [0.1, 0.15) is 138 Å². The first kappa shape index (κ1) is 45.6. The molecule has 0 aromatic carbocycles. The highest BCUT2D eigenvalue weighted by molar-refractivity contribution is 7.92. The van der Waals surface area contributed by atoms with Gasteiger partial charge in [0.2, 0.25) is 23.5 Å². The molecule has 4 saturated carbocycles. The van der Waals surface area contributed by atoms with Gasteiger partial charge in [0.1, 0.15) is 23.7 Å². The molecule has 4 aliphatic carbocycles. The summed E-state index contributed by atoms with van der Waals surface area (Å²) in [5.41, 5.74) is -2.72. The number of alkyl carbamates (subject to hydrolysis) is 1. The van der Waals surface area contributed by atoms with Crippen LogP contribution in [-0.4, -0.2) is 102 Å². The number of rotatable bonds is 16. The molecular weight excluding hydrogens is 763 g/mol. The summed E-state index contributed by atoms with van der Waals surface area (Å²) in [5.74, 6) is -3.10. The molecule has 0 spiro atoms. The van der Waals surface area contributed by atoms with Crippen molar-refractivity contribution < 1.29 is 41.9 Å². The lowest BCUT2D eigenvalue weighted by Gasteiger charge is -2.43. The van der Waals surface area contributed by atoms with Gasteiger partial charge in [0.15, 0.2) is 9.84 Å². The Labute approximate surface area is 345 Å². The fourth-order valence-electron chi connectivity index (χ4n) is 9.24. The van der Waals surface area contributed by atoms with Gasteiger partial charge in [0, 0.05) is 13.1 Å². The van der Waals surface area contributed by atoms with Crippen LogP contribution in [0.15, 0.2) is 12.7 Å². The number of piperidine rings is 1. The molecule has 4 N–H and O–H groups in total. The molecular formula is C43H69N5O9S. The molecule has 0 aromatic heterocycles. The number of carbonyl (C=O) groups is 6. The molecule has 15 heteroatoms. The van der Waals surface area contributed by atoms with Gasteiger partial charge in [-0.25, -0.2) is 13.2 Å². The van der Waals surface area contributed by atoms with E-state index in [4.69, 9.17) is 4.74 Å². The molecule has 0 bridgehead atoms. The Kier molecular flexibility index (Phi) is 13.8. The Balaban J connectivity index is 1.35. The third kappa shape index (κ3) is 10.8. The van der Waals surface area contributed by atoms with Crippen molar-refractivity contribution in [1.29, 1.82) is 0 Å². The fraction of sp³-hybridized carbons (Fsp3) is 0.814. The smallest absolute Gasteiger partial charge is 0.408 e. The predicted octanol–water partition coefficient (Wildman–Crippen LogP) is 4.50. The van der Waals surface area contributed by atoms with E-state index in [-0.39, 0.29) is 30.1 Å². The Morgan fingerprint density at radius 2 is 1.48 bits per heavy atom. The molecule has 1 heterocycles. The number of ketones is 1. The average Bonchev–Trinajstić information content (AvgIpc) is 4.07. The van der Waals surface area contributed by atoms with Crippen molar-refractivity contribution in [2.24, 2.45) is 28.6 Å². The van der Waals surface area contributed by atoms with Crippen LogP contribution in [0.25, 0.3) is 0 Å². The minimum absolute atomic E-state index is 0.101. The molecule has 1 aliphatic heterocycles. The number of sulfone groups is 1. The highest BCUT2D eigenvalue weighted by Gasteiger charge is 2.59. The van der Waals surface area contributed by atoms with Gasteiger partial charge in [0.05, 0.1) is 16.5 Å². The van der Waals surface area contributed by atoms with E-state index in [1.54, 1.807) is 20.8 Å². The van der Waals surface area contributed by atoms with Crippen molar-refractivity contribution in [2.45, 2.75) is 173 Å². The largest absolute Gasteiger partial charge is 0.442 e. The topological polar surface area (TPSA) is 197 Å². The first-order chi connectivity index (χ1) is 27.0. The lowest BCUT2D eigenvalue weighted by Crippen LogP contribution is -2.64. The summed E-state index contributed by atoms with van der Waals surface area (Å²) in [7, 11) is -3.65. The normalized spacial score (nSPS) is 25.5. The fourth-order valence-corrected chi connectivity index (χ4v) is 10.7. The molecule has 14 nitrogen and oxygen atoms in total. The molecule has 326 valence electrons. The molecule has 1 unspecified atom stereocenters. The standard InChI is InChI=1S/C43H69N5O9S/c1-9-22-44-36(51)32(49)30(23-27-16-17-27)45-35(50)31-29-24-28(29)25-48(31)38(53)34(40(2,3)4)46-37(52)33(42(8)18-12-10-13-19-42)47-39(54)57-43(20-14-11-15-21-43)26-58(55,56)41(5,6)7/h9,27-31,33-34H,1,10-26H2,2-8H3,(H,44,51)(H,45,50)(H,46,52)(H,47,54)/t28-,29-,30?,31-,33+,34+/m0/s1. The van der Waals surface area contributed by atoms with E-state index in [1.807, 2.05) is 27.7 Å². The van der Waals surface area contributed by atoms with Crippen LogP contribution in [0, 0.1) is 28.6 Å². The summed E-state index contributed by atoms with van der Waals surface area (Å²) in [6.45, 7) is 16.3. The van der Waals surface area contributed by atoms with E-state index in [9.17, 15) is 37.2 Å². The SMILES string of the molecule is C=CCNC(=O)C(=O)C(CC1CC1)NC(=O)[C@@H]1[C@H]2C[C@H]2CN1C(=O)[C@@H](NC(=O)[C@@H](NC(=O)OC1(CS(=O)(=O)C(C)(C)C)CCCCC1)C1(C)CCCCC1)C(C)(C)C. The van der Waals surface area contributed by atoms with Crippen LogP contribution in [0.3, 0.4) is 0 Å². The van der Waals surface area contributed by atoms with Crippen LogP contribution >= 0.6 is 0 Å². The number of carbonyl (C=O) groups excluding carboxylic acids is 6. The van der Waals surface area contributed by atoms with Crippen molar-refractivity contribution in [3.63, 3.8) is 0 Å². The molecule has 5 fully saturated rings. The van der Waals surface area contributed by atoms with Gasteiger partial charge in [-0.05, 0) is 101 Å². The van der Waals surface area contributed by atoms with Gasteiger partial charge < -0.3 is 30.9 Å². The molecule has 5 aliphatic rings. The van der Waals surface area contributed by atoms with Gasteiger partial charge in [0.25, 0.3) is 5.91 Å². The minimum Gasteiger partial charge on any atom is -0.442 e. The maximum absolute atomic E-state index is 14.7. The number of nitrogens with one attached hydrogen (secondary N) is 4. The molecule has 1 saturated heterocycles.